The number of ether oxygens (including phenoxy) is 2. The highest BCUT2D eigenvalue weighted by Crippen LogP contribution is 2.59. The first-order valence-corrected chi connectivity index (χ1v) is 13.6. The minimum atomic E-state index is -0.378. The molecule has 1 aliphatic heterocycles. The first kappa shape index (κ1) is 27.7. The summed E-state index contributed by atoms with van der Waals surface area (Å²) in [5.74, 6) is 0.997. The van der Waals surface area contributed by atoms with Gasteiger partial charge >= 0.3 is 5.97 Å². The second-order valence-electron chi connectivity index (χ2n) is 11.3. The maximum absolute atomic E-state index is 12.3. The maximum Gasteiger partial charge on any atom is 0.337 e. The number of aryl methyl sites for hydroxylation is 1. The van der Waals surface area contributed by atoms with Crippen LogP contribution in [-0.4, -0.2) is 38.2 Å². The SMILES string of the molecule is COC(=O)c1ccc(C2CC3(CCN2Cc2c(OC)cc(C)c(C)c2/C=C\C(C)C)CC3)c(NCC#N)c1. The van der Waals surface area contributed by atoms with E-state index in [0.717, 1.165) is 36.5 Å². The lowest BCUT2D eigenvalue weighted by atomic mass is 9.83. The number of allylic oxidation sites excluding steroid dienone is 1. The van der Waals surface area contributed by atoms with Crippen molar-refractivity contribution in [1.82, 2.24) is 4.90 Å². The van der Waals surface area contributed by atoms with Gasteiger partial charge in [-0.25, -0.2) is 4.79 Å². The summed E-state index contributed by atoms with van der Waals surface area (Å²) in [4.78, 5) is 14.8. The Morgan fingerprint density at radius 2 is 2.00 bits per heavy atom. The van der Waals surface area contributed by atoms with Gasteiger partial charge in [-0.15, -0.1) is 0 Å². The van der Waals surface area contributed by atoms with Gasteiger partial charge in [0.25, 0.3) is 0 Å². The van der Waals surface area contributed by atoms with Crippen LogP contribution in [0.1, 0.15) is 83.7 Å². The molecule has 2 aromatic rings. The lowest BCUT2D eigenvalue weighted by Gasteiger charge is -2.41. The van der Waals surface area contributed by atoms with Crippen LogP contribution in [0, 0.1) is 36.5 Å². The van der Waals surface area contributed by atoms with E-state index in [0.29, 0.717) is 16.9 Å². The lowest BCUT2D eigenvalue weighted by molar-refractivity contribution is 0.0600. The van der Waals surface area contributed by atoms with Crippen molar-refractivity contribution in [2.24, 2.45) is 11.3 Å². The van der Waals surface area contributed by atoms with Crippen molar-refractivity contribution in [3.05, 3.63) is 63.7 Å². The number of hydrogen-bond donors (Lipinski definition) is 1. The fraction of sp³-hybridized carbons (Fsp3) is 0.500. The molecule has 1 spiro atoms. The van der Waals surface area contributed by atoms with E-state index in [2.05, 4.69) is 62.2 Å². The maximum atomic E-state index is 12.3. The van der Waals surface area contributed by atoms with Crippen LogP contribution in [0.3, 0.4) is 0 Å². The topological polar surface area (TPSA) is 74.6 Å². The van der Waals surface area contributed by atoms with Crippen LogP contribution in [0.4, 0.5) is 5.69 Å². The van der Waals surface area contributed by atoms with Crippen molar-refractivity contribution in [2.75, 3.05) is 32.6 Å². The number of rotatable bonds is 9. The van der Waals surface area contributed by atoms with Crippen molar-refractivity contribution in [3.63, 3.8) is 0 Å². The molecule has 0 aromatic heterocycles. The monoisotopic (exact) mass is 515 g/mol. The molecule has 6 heteroatoms. The Morgan fingerprint density at radius 1 is 1.24 bits per heavy atom. The minimum Gasteiger partial charge on any atom is -0.496 e. The number of nitriles is 1. The average molecular weight is 516 g/mol. The number of carbonyl (C=O) groups excluding carboxylic acids is 1. The third kappa shape index (κ3) is 5.89. The molecule has 2 fully saturated rings. The van der Waals surface area contributed by atoms with Gasteiger partial charge in [-0.05, 0) is 97.9 Å². The molecule has 4 rings (SSSR count). The minimum absolute atomic E-state index is 0.160. The molecular weight excluding hydrogens is 474 g/mol. The number of carbonyl (C=O) groups is 1. The molecular formula is C32H41N3O3. The molecule has 1 saturated carbocycles. The Kier molecular flexibility index (Phi) is 8.47. The van der Waals surface area contributed by atoms with Gasteiger partial charge in [0.2, 0.25) is 0 Å². The molecule has 2 aromatic carbocycles. The van der Waals surface area contributed by atoms with Crippen LogP contribution >= 0.6 is 0 Å². The Morgan fingerprint density at radius 3 is 2.63 bits per heavy atom. The zero-order valence-electron chi connectivity index (χ0n) is 23.7. The van der Waals surface area contributed by atoms with E-state index in [4.69, 9.17) is 9.47 Å². The molecule has 6 nitrogen and oxygen atoms in total. The van der Waals surface area contributed by atoms with E-state index in [1.165, 1.54) is 48.6 Å². The Balaban J connectivity index is 1.78. The second-order valence-corrected chi connectivity index (χ2v) is 11.3. The summed E-state index contributed by atoms with van der Waals surface area (Å²) >= 11 is 0. The summed E-state index contributed by atoms with van der Waals surface area (Å²) in [6, 6.07) is 10.2. The molecule has 202 valence electrons. The van der Waals surface area contributed by atoms with Crippen LogP contribution < -0.4 is 10.1 Å². The third-order valence-corrected chi connectivity index (χ3v) is 8.34. The van der Waals surface area contributed by atoms with Gasteiger partial charge in [-0.3, -0.25) is 4.90 Å². The van der Waals surface area contributed by atoms with Crippen LogP contribution in [0.5, 0.6) is 5.75 Å². The van der Waals surface area contributed by atoms with E-state index in [-0.39, 0.29) is 18.6 Å². The van der Waals surface area contributed by atoms with E-state index >= 15 is 0 Å². The molecule has 0 bridgehead atoms. The average Bonchev–Trinajstić information content (AvgIpc) is 3.67. The van der Waals surface area contributed by atoms with E-state index in [9.17, 15) is 10.1 Å². The van der Waals surface area contributed by atoms with Crippen LogP contribution in [0.2, 0.25) is 0 Å². The number of hydrogen-bond acceptors (Lipinski definition) is 6. The zero-order valence-corrected chi connectivity index (χ0v) is 23.7. The second kappa shape index (κ2) is 11.6. The molecule has 1 unspecified atom stereocenters. The van der Waals surface area contributed by atoms with Gasteiger partial charge < -0.3 is 14.8 Å². The highest BCUT2D eigenvalue weighted by molar-refractivity contribution is 5.90. The van der Waals surface area contributed by atoms with Gasteiger partial charge in [0, 0.05) is 23.8 Å². The van der Waals surface area contributed by atoms with Crippen molar-refractivity contribution in [3.8, 4) is 11.8 Å². The molecule has 1 heterocycles. The summed E-state index contributed by atoms with van der Waals surface area (Å²) in [6.07, 6.45) is 9.32. The number of piperidine rings is 1. The number of methoxy groups -OCH3 is 2. The van der Waals surface area contributed by atoms with Crippen molar-refractivity contribution in [2.45, 2.75) is 66.0 Å². The molecule has 1 N–H and O–H groups in total. The largest absolute Gasteiger partial charge is 0.496 e. The summed E-state index contributed by atoms with van der Waals surface area (Å²) in [5, 5.41) is 12.5. The van der Waals surface area contributed by atoms with E-state index < -0.39 is 0 Å². The summed E-state index contributed by atoms with van der Waals surface area (Å²) < 4.78 is 10.9. The van der Waals surface area contributed by atoms with Crippen LogP contribution in [0.15, 0.2) is 30.3 Å². The molecule has 0 radical (unpaired) electrons. The van der Waals surface area contributed by atoms with Gasteiger partial charge in [0.1, 0.15) is 12.3 Å². The predicted molar refractivity (Wildman–Crippen MR) is 152 cm³/mol. The van der Waals surface area contributed by atoms with E-state index in [1.807, 2.05) is 18.2 Å². The first-order chi connectivity index (χ1) is 18.2. The van der Waals surface area contributed by atoms with Crippen molar-refractivity contribution < 1.29 is 14.3 Å². The van der Waals surface area contributed by atoms with Crippen molar-refractivity contribution >= 4 is 17.7 Å². The summed E-state index contributed by atoms with van der Waals surface area (Å²) in [5.41, 5.74) is 7.80. The van der Waals surface area contributed by atoms with Crippen molar-refractivity contribution in [1.29, 1.82) is 5.26 Å². The summed E-state index contributed by atoms with van der Waals surface area (Å²) in [7, 11) is 3.15. The number of anilines is 1. The predicted octanol–water partition coefficient (Wildman–Crippen LogP) is 6.82. The van der Waals surface area contributed by atoms with Gasteiger partial charge in [-0.2, -0.15) is 5.26 Å². The number of likely N-dealkylation sites (tertiary alicyclic amines) is 1. The van der Waals surface area contributed by atoms with Crippen LogP contribution in [0.25, 0.3) is 6.08 Å². The van der Waals surface area contributed by atoms with E-state index in [1.54, 1.807) is 7.11 Å². The zero-order chi connectivity index (χ0) is 27.4. The standard InChI is InChI=1S/C32H41N3O3/c1-21(2)7-9-25-23(4)22(3)17-30(37-5)27(25)20-35-16-13-32(11-12-32)19-29(35)26-10-8-24(31(36)38-6)18-28(26)34-15-14-33/h7-10,17-18,21,29,34H,11-13,15-16,19-20H2,1-6H3/b9-7-. The molecule has 38 heavy (non-hydrogen) atoms. The molecule has 2 aliphatic rings. The highest BCUT2D eigenvalue weighted by Gasteiger charge is 2.48. The smallest absolute Gasteiger partial charge is 0.337 e. The number of nitrogens with zero attached hydrogens (tertiary/aromatic N) is 2. The Hall–Kier alpha value is -3.30. The van der Waals surface area contributed by atoms with Gasteiger partial charge in [0.15, 0.2) is 0 Å². The van der Waals surface area contributed by atoms with Crippen LogP contribution in [-0.2, 0) is 11.3 Å². The number of nitrogens with one attached hydrogen (secondary N) is 1. The quantitative estimate of drug-likeness (QED) is 0.292. The molecule has 1 aliphatic carbocycles. The highest BCUT2D eigenvalue weighted by atomic mass is 16.5. The molecule has 1 atom stereocenters. The first-order valence-electron chi connectivity index (χ1n) is 13.6. The normalized spacial score (nSPS) is 18.5. The lowest BCUT2D eigenvalue weighted by Crippen LogP contribution is -2.38. The summed E-state index contributed by atoms with van der Waals surface area (Å²) in [6.45, 7) is 10.7. The molecule has 1 saturated heterocycles. The number of benzene rings is 2. The van der Waals surface area contributed by atoms with Gasteiger partial charge in [0.05, 0.1) is 25.9 Å². The fourth-order valence-electron chi connectivity index (χ4n) is 5.71. The Bertz CT molecular complexity index is 1250. The Labute approximate surface area is 227 Å². The fourth-order valence-corrected chi connectivity index (χ4v) is 5.71. The van der Waals surface area contributed by atoms with Gasteiger partial charge in [-0.1, -0.05) is 32.1 Å². The number of esters is 1. The third-order valence-electron chi connectivity index (χ3n) is 8.34. The molecule has 0 amide bonds.